The average Bonchev–Trinajstić information content (AvgIpc) is 3.27. The molecule has 0 spiro atoms. The van der Waals surface area contributed by atoms with Gasteiger partial charge in [0, 0.05) is 36.7 Å². The third kappa shape index (κ3) is 7.58. The molecule has 9 heteroatoms. The van der Waals surface area contributed by atoms with Gasteiger partial charge < -0.3 is 20.6 Å². The Morgan fingerprint density at radius 1 is 1.05 bits per heavy atom. The highest BCUT2D eigenvalue weighted by Gasteiger charge is 2.34. The van der Waals surface area contributed by atoms with E-state index in [4.69, 9.17) is 0 Å². The van der Waals surface area contributed by atoms with Gasteiger partial charge in [-0.05, 0) is 74.1 Å². The lowest BCUT2D eigenvalue weighted by atomic mass is 9.94. The maximum Gasteiger partial charge on any atom is 0.253 e. The van der Waals surface area contributed by atoms with Crippen molar-refractivity contribution in [3.8, 4) is 0 Å². The summed E-state index contributed by atoms with van der Waals surface area (Å²) in [6.45, 7) is 6.98. The number of aliphatic hydroxyl groups is 1. The smallest absolute Gasteiger partial charge is 0.253 e. The van der Waals surface area contributed by atoms with Gasteiger partial charge in [-0.1, -0.05) is 13.8 Å². The van der Waals surface area contributed by atoms with Crippen LogP contribution in [0.15, 0.2) is 36.4 Å². The molecular formula is C28H35F2N3O4. The summed E-state index contributed by atoms with van der Waals surface area (Å²) in [5, 5.41) is 16.5. The van der Waals surface area contributed by atoms with Crippen LogP contribution in [0.25, 0.3) is 0 Å². The molecular weight excluding hydrogens is 480 g/mol. The van der Waals surface area contributed by atoms with Crippen molar-refractivity contribution < 1.29 is 28.3 Å². The van der Waals surface area contributed by atoms with Gasteiger partial charge in [-0.3, -0.25) is 14.4 Å². The first-order valence-electron chi connectivity index (χ1n) is 12.8. The van der Waals surface area contributed by atoms with E-state index in [1.165, 1.54) is 6.07 Å². The molecule has 0 aliphatic carbocycles. The lowest BCUT2D eigenvalue weighted by Gasteiger charge is -2.29. The standard InChI is InChI=1S/C28H35F2N3O4/c1-4-8-33(9-5-2)28(37)20-11-17(3)10-19(15-20)27(36)32-24(26(35)23-6-7-25(34)31-23)14-18-12-21(29)16-22(30)13-18/h10-13,15-16,23-24,26,35H,4-9,14H2,1-3H3,(H,31,34)(H,32,36). The highest BCUT2D eigenvalue weighted by molar-refractivity contribution is 6.00. The second-order valence-corrected chi connectivity index (χ2v) is 9.64. The zero-order valence-corrected chi connectivity index (χ0v) is 21.5. The van der Waals surface area contributed by atoms with Crippen LogP contribution in [0.1, 0.15) is 71.4 Å². The molecule has 1 heterocycles. The molecule has 1 aliphatic heterocycles. The number of benzene rings is 2. The largest absolute Gasteiger partial charge is 0.389 e. The van der Waals surface area contributed by atoms with Crippen molar-refractivity contribution in [3.63, 3.8) is 0 Å². The van der Waals surface area contributed by atoms with Crippen molar-refractivity contribution in [3.05, 3.63) is 70.3 Å². The van der Waals surface area contributed by atoms with Gasteiger partial charge in [0.25, 0.3) is 11.8 Å². The fraction of sp³-hybridized carbons (Fsp3) is 0.464. The number of hydrogen-bond donors (Lipinski definition) is 3. The van der Waals surface area contributed by atoms with Crippen LogP contribution in [0, 0.1) is 18.6 Å². The van der Waals surface area contributed by atoms with E-state index in [2.05, 4.69) is 10.6 Å². The predicted molar refractivity (Wildman–Crippen MR) is 136 cm³/mol. The van der Waals surface area contributed by atoms with E-state index in [0.717, 1.165) is 36.6 Å². The summed E-state index contributed by atoms with van der Waals surface area (Å²) in [6.07, 6.45) is 0.972. The predicted octanol–water partition coefficient (Wildman–Crippen LogP) is 3.52. The molecule has 3 N–H and O–H groups in total. The van der Waals surface area contributed by atoms with Gasteiger partial charge in [-0.25, -0.2) is 8.78 Å². The molecule has 0 radical (unpaired) electrons. The number of rotatable bonds is 11. The van der Waals surface area contributed by atoms with Crippen LogP contribution in [0.4, 0.5) is 8.78 Å². The molecule has 3 unspecified atom stereocenters. The Kier molecular flexibility index (Phi) is 9.74. The van der Waals surface area contributed by atoms with Crippen LogP contribution >= 0.6 is 0 Å². The second kappa shape index (κ2) is 12.8. The zero-order chi connectivity index (χ0) is 27.1. The van der Waals surface area contributed by atoms with Crippen molar-refractivity contribution in [1.29, 1.82) is 0 Å². The zero-order valence-electron chi connectivity index (χ0n) is 21.5. The molecule has 37 heavy (non-hydrogen) atoms. The van der Waals surface area contributed by atoms with Crippen molar-refractivity contribution in [2.45, 2.75) is 71.1 Å². The van der Waals surface area contributed by atoms with Crippen LogP contribution in [0.2, 0.25) is 0 Å². The Hall–Kier alpha value is -3.33. The van der Waals surface area contributed by atoms with E-state index in [0.29, 0.717) is 25.1 Å². The van der Waals surface area contributed by atoms with Crippen LogP contribution in [0.3, 0.4) is 0 Å². The number of hydrogen-bond acceptors (Lipinski definition) is 4. The Morgan fingerprint density at radius 3 is 2.24 bits per heavy atom. The molecule has 2 aromatic rings. The summed E-state index contributed by atoms with van der Waals surface area (Å²) in [5.74, 6) is -2.46. The maximum absolute atomic E-state index is 13.8. The van der Waals surface area contributed by atoms with Crippen molar-refractivity contribution in [2.24, 2.45) is 0 Å². The van der Waals surface area contributed by atoms with Crippen molar-refractivity contribution in [1.82, 2.24) is 15.5 Å². The molecule has 0 aromatic heterocycles. The van der Waals surface area contributed by atoms with E-state index in [9.17, 15) is 28.3 Å². The molecule has 1 saturated heterocycles. The highest BCUT2D eigenvalue weighted by Crippen LogP contribution is 2.19. The monoisotopic (exact) mass is 515 g/mol. The van der Waals surface area contributed by atoms with E-state index in [1.54, 1.807) is 24.0 Å². The molecule has 0 saturated carbocycles. The van der Waals surface area contributed by atoms with Crippen molar-refractivity contribution in [2.75, 3.05) is 13.1 Å². The topological polar surface area (TPSA) is 98.7 Å². The number of carbonyl (C=O) groups is 3. The van der Waals surface area contributed by atoms with Crippen LogP contribution in [-0.4, -0.2) is 59.0 Å². The summed E-state index contributed by atoms with van der Waals surface area (Å²) in [6, 6.07) is 6.35. The van der Waals surface area contributed by atoms with Gasteiger partial charge in [0.1, 0.15) is 11.6 Å². The molecule has 1 aliphatic rings. The summed E-state index contributed by atoms with van der Waals surface area (Å²) in [4.78, 5) is 39.9. The highest BCUT2D eigenvalue weighted by atomic mass is 19.1. The quantitative estimate of drug-likeness (QED) is 0.427. The number of nitrogens with zero attached hydrogens (tertiary/aromatic N) is 1. The fourth-order valence-electron chi connectivity index (χ4n) is 4.74. The van der Waals surface area contributed by atoms with Crippen LogP contribution in [-0.2, 0) is 11.2 Å². The SMILES string of the molecule is CCCN(CCC)C(=O)c1cc(C)cc(C(=O)NC(Cc2cc(F)cc(F)c2)C(O)C2CCC(=O)N2)c1. The molecule has 7 nitrogen and oxygen atoms in total. The summed E-state index contributed by atoms with van der Waals surface area (Å²) in [7, 11) is 0. The molecule has 3 atom stereocenters. The summed E-state index contributed by atoms with van der Waals surface area (Å²) in [5.41, 5.74) is 1.59. The van der Waals surface area contributed by atoms with Crippen LogP contribution in [0.5, 0.6) is 0 Å². The molecule has 2 aromatic carbocycles. The first-order chi connectivity index (χ1) is 17.6. The minimum absolute atomic E-state index is 0.0632. The Balaban J connectivity index is 1.87. The normalized spacial score (nSPS) is 16.7. The number of aliphatic hydroxyl groups excluding tert-OH is 1. The number of halogens is 2. The van der Waals surface area contributed by atoms with Gasteiger partial charge in [0.15, 0.2) is 0 Å². The Morgan fingerprint density at radius 2 is 1.68 bits per heavy atom. The van der Waals surface area contributed by atoms with Gasteiger partial charge in [0.2, 0.25) is 5.91 Å². The van der Waals surface area contributed by atoms with E-state index < -0.39 is 35.7 Å². The first-order valence-corrected chi connectivity index (χ1v) is 12.8. The minimum Gasteiger partial charge on any atom is -0.389 e. The molecule has 1 fully saturated rings. The second-order valence-electron chi connectivity index (χ2n) is 9.64. The van der Waals surface area contributed by atoms with Gasteiger partial charge in [0.05, 0.1) is 18.2 Å². The Labute approximate surface area is 216 Å². The number of carbonyl (C=O) groups excluding carboxylic acids is 3. The third-order valence-corrected chi connectivity index (χ3v) is 6.41. The summed E-state index contributed by atoms with van der Waals surface area (Å²) >= 11 is 0. The molecule has 0 bridgehead atoms. The van der Waals surface area contributed by atoms with E-state index >= 15 is 0 Å². The molecule has 200 valence electrons. The fourth-order valence-corrected chi connectivity index (χ4v) is 4.74. The van der Waals surface area contributed by atoms with E-state index in [-0.39, 0.29) is 35.8 Å². The van der Waals surface area contributed by atoms with Crippen LogP contribution < -0.4 is 10.6 Å². The van der Waals surface area contributed by atoms with Crippen molar-refractivity contribution >= 4 is 17.7 Å². The van der Waals surface area contributed by atoms with Gasteiger partial charge in [-0.15, -0.1) is 0 Å². The van der Waals surface area contributed by atoms with Gasteiger partial charge >= 0.3 is 0 Å². The average molecular weight is 516 g/mol. The first kappa shape index (κ1) is 28.2. The minimum atomic E-state index is -1.20. The van der Waals surface area contributed by atoms with E-state index in [1.807, 2.05) is 13.8 Å². The maximum atomic E-state index is 13.8. The third-order valence-electron chi connectivity index (χ3n) is 6.41. The number of nitrogens with one attached hydrogen (secondary N) is 2. The lowest BCUT2D eigenvalue weighted by molar-refractivity contribution is -0.119. The van der Waals surface area contributed by atoms with Gasteiger partial charge in [-0.2, -0.15) is 0 Å². The Bertz CT molecular complexity index is 1110. The molecule has 3 rings (SSSR count). The summed E-state index contributed by atoms with van der Waals surface area (Å²) < 4.78 is 27.6. The lowest BCUT2D eigenvalue weighted by Crippen LogP contribution is -2.52. The number of amides is 3. The molecule has 3 amide bonds. The number of aryl methyl sites for hydroxylation is 1.